The predicted molar refractivity (Wildman–Crippen MR) is 86.5 cm³/mol. The van der Waals surface area contributed by atoms with Gasteiger partial charge in [-0.25, -0.2) is 13.1 Å². The van der Waals surface area contributed by atoms with Gasteiger partial charge in [0.25, 0.3) is 0 Å². The Labute approximate surface area is 128 Å². The minimum atomic E-state index is -3.46. The summed E-state index contributed by atoms with van der Waals surface area (Å²) in [7, 11) is -1.39. The third-order valence-corrected chi connectivity index (χ3v) is 5.15. The number of benzene rings is 1. The lowest BCUT2D eigenvalue weighted by Crippen LogP contribution is -2.29. The first-order valence-corrected chi connectivity index (χ1v) is 8.84. The number of unbranched alkanes of at least 4 members (excludes halogenated alkanes) is 1. The van der Waals surface area contributed by atoms with E-state index in [9.17, 15) is 8.42 Å². The summed E-state index contributed by atoms with van der Waals surface area (Å²) in [5, 5.41) is 0. The van der Waals surface area contributed by atoms with Crippen molar-refractivity contribution in [3.63, 3.8) is 0 Å². The van der Waals surface area contributed by atoms with Gasteiger partial charge in [0.2, 0.25) is 10.0 Å². The van der Waals surface area contributed by atoms with E-state index < -0.39 is 10.0 Å². The van der Waals surface area contributed by atoms with Gasteiger partial charge in [0.1, 0.15) is 0 Å². The summed E-state index contributed by atoms with van der Waals surface area (Å²) in [6.07, 6.45) is 1.79. The maximum atomic E-state index is 12.2. The Morgan fingerprint density at radius 3 is 2.52 bits per heavy atom. The van der Waals surface area contributed by atoms with Gasteiger partial charge in [-0.15, -0.1) is 0 Å². The molecule has 0 bridgehead atoms. The molecule has 0 aliphatic heterocycles. The van der Waals surface area contributed by atoms with Crippen LogP contribution in [-0.2, 0) is 16.6 Å². The smallest absolute Gasteiger partial charge is 0.240 e. The fraction of sp³-hybridized carbons (Fsp3) is 0.600. The molecule has 21 heavy (non-hydrogen) atoms. The summed E-state index contributed by atoms with van der Waals surface area (Å²) in [6, 6.07) is 7.36. The maximum Gasteiger partial charge on any atom is 0.240 e. The van der Waals surface area contributed by atoms with Crippen LogP contribution in [0.4, 0.5) is 0 Å². The Morgan fingerprint density at radius 2 is 1.90 bits per heavy atom. The van der Waals surface area contributed by atoms with Crippen LogP contribution in [0.5, 0.6) is 0 Å². The zero-order valence-electron chi connectivity index (χ0n) is 13.2. The number of nitrogens with two attached hydrogens (primary N) is 1. The van der Waals surface area contributed by atoms with Crippen molar-refractivity contribution in [3.8, 4) is 0 Å². The third kappa shape index (κ3) is 5.74. The molecule has 1 aromatic rings. The van der Waals surface area contributed by atoms with Gasteiger partial charge in [-0.05, 0) is 51.9 Å². The van der Waals surface area contributed by atoms with Crippen molar-refractivity contribution in [2.45, 2.75) is 44.2 Å². The SMILES string of the molecule is CC(C)N(C)CCCCNS(=O)(=O)c1ccccc1CN. The molecule has 0 fully saturated rings. The first-order valence-electron chi connectivity index (χ1n) is 7.36. The Balaban J connectivity index is 2.47. The molecule has 1 aromatic carbocycles. The second-order valence-corrected chi connectivity index (χ2v) is 7.23. The molecule has 0 aromatic heterocycles. The van der Waals surface area contributed by atoms with E-state index in [2.05, 4.69) is 30.5 Å². The van der Waals surface area contributed by atoms with Crippen molar-refractivity contribution < 1.29 is 8.42 Å². The largest absolute Gasteiger partial charge is 0.326 e. The van der Waals surface area contributed by atoms with Crippen molar-refractivity contribution in [1.82, 2.24) is 9.62 Å². The number of nitrogens with zero attached hydrogens (tertiary/aromatic N) is 1. The second-order valence-electron chi connectivity index (χ2n) is 5.49. The van der Waals surface area contributed by atoms with Crippen molar-refractivity contribution in [1.29, 1.82) is 0 Å². The Morgan fingerprint density at radius 1 is 1.24 bits per heavy atom. The maximum absolute atomic E-state index is 12.2. The molecule has 0 heterocycles. The van der Waals surface area contributed by atoms with E-state index in [-0.39, 0.29) is 11.4 Å². The topological polar surface area (TPSA) is 75.4 Å². The van der Waals surface area contributed by atoms with Gasteiger partial charge in [-0.3, -0.25) is 0 Å². The highest BCUT2D eigenvalue weighted by molar-refractivity contribution is 7.89. The van der Waals surface area contributed by atoms with E-state index in [1.165, 1.54) is 0 Å². The van der Waals surface area contributed by atoms with E-state index in [1.807, 2.05) is 0 Å². The van der Waals surface area contributed by atoms with E-state index in [4.69, 9.17) is 5.73 Å². The van der Waals surface area contributed by atoms with E-state index in [0.717, 1.165) is 19.4 Å². The molecule has 0 aliphatic carbocycles. The highest BCUT2D eigenvalue weighted by Gasteiger charge is 2.16. The zero-order chi connectivity index (χ0) is 15.9. The normalized spacial score (nSPS) is 12.3. The summed E-state index contributed by atoms with van der Waals surface area (Å²) >= 11 is 0. The quantitative estimate of drug-likeness (QED) is 0.678. The average molecular weight is 313 g/mol. The minimum Gasteiger partial charge on any atom is -0.326 e. The highest BCUT2D eigenvalue weighted by atomic mass is 32.2. The Bertz CT molecular complexity index is 529. The molecule has 0 unspecified atom stereocenters. The van der Waals surface area contributed by atoms with Crippen LogP contribution in [0.15, 0.2) is 29.2 Å². The fourth-order valence-electron chi connectivity index (χ4n) is 1.96. The zero-order valence-corrected chi connectivity index (χ0v) is 14.0. The number of hydrogen-bond donors (Lipinski definition) is 2. The summed E-state index contributed by atoms with van der Waals surface area (Å²) in [5.41, 5.74) is 6.23. The lowest BCUT2D eigenvalue weighted by atomic mass is 10.2. The highest BCUT2D eigenvalue weighted by Crippen LogP contribution is 2.14. The van der Waals surface area contributed by atoms with Crippen LogP contribution in [0, 0.1) is 0 Å². The predicted octanol–water partition coefficient (Wildman–Crippen LogP) is 1.54. The first kappa shape index (κ1) is 18.1. The number of rotatable bonds is 9. The van der Waals surface area contributed by atoms with Crippen molar-refractivity contribution in [2.24, 2.45) is 5.73 Å². The van der Waals surface area contributed by atoms with Crippen molar-refractivity contribution in [2.75, 3.05) is 20.1 Å². The molecule has 3 N–H and O–H groups in total. The van der Waals surface area contributed by atoms with Gasteiger partial charge >= 0.3 is 0 Å². The molecule has 0 aliphatic rings. The van der Waals surface area contributed by atoms with Crippen LogP contribution in [-0.4, -0.2) is 39.5 Å². The number of nitrogens with one attached hydrogen (secondary N) is 1. The Kier molecular flexibility index (Phi) is 7.31. The molecule has 0 radical (unpaired) electrons. The first-order chi connectivity index (χ1) is 9.88. The van der Waals surface area contributed by atoms with Gasteiger partial charge in [0.05, 0.1) is 4.90 Å². The van der Waals surface area contributed by atoms with Gasteiger partial charge in [0.15, 0.2) is 0 Å². The van der Waals surface area contributed by atoms with Crippen molar-refractivity contribution >= 4 is 10.0 Å². The lowest BCUT2D eigenvalue weighted by Gasteiger charge is -2.20. The van der Waals surface area contributed by atoms with Crippen LogP contribution in [0.3, 0.4) is 0 Å². The summed E-state index contributed by atoms with van der Waals surface area (Å²) in [5.74, 6) is 0. The van der Waals surface area contributed by atoms with E-state index >= 15 is 0 Å². The standard InChI is InChI=1S/C15H27N3O2S/c1-13(2)18(3)11-7-6-10-17-21(19,20)15-9-5-4-8-14(15)12-16/h4-5,8-9,13,17H,6-7,10-12,16H2,1-3H3. The molecule has 0 atom stereocenters. The molecular formula is C15H27N3O2S. The van der Waals surface area contributed by atoms with Gasteiger partial charge in [0, 0.05) is 19.1 Å². The lowest BCUT2D eigenvalue weighted by molar-refractivity contribution is 0.268. The molecule has 0 saturated carbocycles. The molecule has 5 nitrogen and oxygen atoms in total. The van der Waals surface area contributed by atoms with Crippen LogP contribution in [0.1, 0.15) is 32.3 Å². The van der Waals surface area contributed by atoms with E-state index in [1.54, 1.807) is 24.3 Å². The number of sulfonamides is 1. The van der Waals surface area contributed by atoms with Crippen molar-refractivity contribution in [3.05, 3.63) is 29.8 Å². The minimum absolute atomic E-state index is 0.219. The summed E-state index contributed by atoms with van der Waals surface area (Å²) in [4.78, 5) is 2.53. The second kappa shape index (κ2) is 8.48. The monoisotopic (exact) mass is 313 g/mol. The average Bonchev–Trinajstić information content (AvgIpc) is 2.46. The van der Waals surface area contributed by atoms with Crippen LogP contribution in [0.25, 0.3) is 0 Å². The third-order valence-electron chi connectivity index (χ3n) is 3.59. The molecule has 6 heteroatoms. The number of hydrogen-bond acceptors (Lipinski definition) is 4. The van der Waals surface area contributed by atoms with Gasteiger partial charge in [-0.2, -0.15) is 0 Å². The Hall–Kier alpha value is -0.950. The fourth-order valence-corrected chi connectivity index (χ4v) is 3.29. The van der Waals surface area contributed by atoms with Crippen LogP contribution in [0.2, 0.25) is 0 Å². The van der Waals surface area contributed by atoms with Gasteiger partial charge in [-0.1, -0.05) is 18.2 Å². The molecule has 120 valence electrons. The van der Waals surface area contributed by atoms with Crippen LogP contribution >= 0.6 is 0 Å². The van der Waals surface area contributed by atoms with E-state index in [0.29, 0.717) is 18.2 Å². The molecule has 0 saturated heterocycles. The molecule has 1 rings (SSSR count). The molecule has 0 amide bonds. The summed E-state index contributed by atoms with van der Waals surface area (Å²) < 4.78 is 27.1. The van der Waals surface area contributed by atoms with Crippen LogP contribution < -0.4 is 10.5 Å². The summed E-state index contributed by atoms with van der Waals surface area (Å²) in [6.45, 7) is 5.93. The molecule has 0 spiro atoms. The van der Waals surface area contributed by atoms with Gasteiger partial charge < -0.3 is 10.6 Å². The molecular weight excluding hydrogens is 286 g/mol.